The number of ketones is 1. The number of ether oxygens (including phenoxy) is 3. The van der Waals surface area contributed by atoms with Crippen LogP contribution in [0.2, 0.25) is 0 Å². The highest BCUT2D eigenvalue weighted by Crippen LogP contribution is 2.40. The molecule has 0 amide bonds. The van der Waals surface area contributed by atoms with Crippen LogP contribution < -0.4 is 9.47 Å². The number of aromatic hydroxyl groups is 1. The third-order valence-corrected chi connectivity index (χ3v) is 4.59. The van der Waals surface area contributed by atoms with E-state index in [1.807, 2.05) is 0 Å². The van der Waals surface area contributed by atoms with Gasteiger partial charge in [0, 0.05) is 18.1 Å². The molecule has 3 N–H and O–H groups in total. The Morgan fingerprint density at radius 3 is 2.54 bits per heavy atom. The number of fused-ring (bicyclic) bond motifs is 1. The molecule has 0 saturated carbocycles. The summed E-state index contributed by atoms with van der Waals surface area (Å²) in [6, 6.07) is 1.26. The zero-order chi connectivity index (χ0) is 20.8. The van der Waals surface area contributed by atoms with E-state index in [2.05, 4.69) is 0 Å². The summed E-state index contributed by atoms with van der Waals surface area (Å²) in [7, 11) is 2.78. The van der Waals surface area contributed by atoms with Gasteiger partial charge in [0.2, 0.25) is 0 Å². The van der Waals surface area contributed by atoms with E-state index in [0.29, 0.717) is 12.8 Å². The number of aliphatic hydroxyl groups excluding tert-OH is 2. The molecule has 0 aromatic heterocycles. The fourth-order valence-corrected chi connectivity index (χ4v) is 3.06. The van der Waals surface area contributed by atoms with Crippen LogP contribution in [0.25, 0.3) is 6.08 Å². The Kier molecular flexibility index (Phi) is 7.42. The van der Waals surface area contributed by atoms with Crippen molar-refractivity contribution in [3.63, 3.8) is 0 Å². The third kappa shape index (κ3) is 4.82. The summed E-state index contributed by atoms with van der Waals surface area (Å²) in [5, 5.41) is 30.4. The van der Waals surface area contributed by atoms with Crippen LogP contribution in [0.1, 0.15) is 48.5 Å². The predicted molar refractivity (Wildman–Crippen MR) is 101 cm³/mol. The first-order chi connectivity index (χ1) is 13.3. The molecule has 8 heteroatoms. The SMILES string of the molecule is COc1cc(O)c2c(c1OC)C=CCC(O)C(O)C(=O)CCCC(C)OC2=O. The smallest absolute Gasteiger partial charge is 0.342 e. The summed E-state index contributed by atoms with van der Waals surface area (Å²) in [5.41, 5.74) is 0.116. The van der Waals surface area contributed by atoms with E-state index in [1.165, 1.54) is 32.4 Å². The van der Waals surface area contributed by atoms with E-state index >= 15 is 0 Å². The number of hydrogen-bond donors (Lipinski definition) is 3. The molecule has 0 saturated heterocycles. The number of esters is 1. The number of hydrogen-bond acceptors (Lipinski definition) is 8. The highest BCUT2D eigenvalue weighted by molar-refractivity contribution is 5.98. The second-order valence-electron chi connectivity index (χ2n) is 6.64. The number of benzene rings is 1. The minimum absolute atomic E-state index is 0.0427. The molecule has 1 aliphatic heterocycles. The fourth-order valence-electron chi connectivity index (χ4n) is 3.06. The first kappa shape index (κ1) is 21.7. The van der Waals surface area contributed by atoms with Crippen molar-refractivity contribution >= 4 is 17.8 Å². The van der Waals surface area contributed by atoms with Crippen molar-refractivity contribution in [2.24, 2.45) is 0 Å². The number of carbonyl (C=O) groups excluding carboxylic acids is 2. The number of methoxy groups -OCH3 is 2. The van der Waals surface area contributed by atoms with Gasteiger partial charge < -0.3 is 29.5 Å². The van der Waals surface area contributed by atoms with E-state index in [0.717, 1.165) is 0 Å². The Morgan fingerprint density at radius 1 is 1.18 bits per heavy atom. The lowest BCUT2D eigenvalue weighted by Crippen LogP contribution is -2.33. The highest BCUT2D eigenvalue weighted by atomic mass is 16.5. The molecule has 0 bridgehead atoms. The van der Waals surface area contributed by atoms with Gasteiger partial charge in [0.1, 0.15) is 17.4 Å². The number of cyclic esters (lactones) is 1. The number of rotatable bonds is 2. The maximum absolute atomic E-state index is 12.7. The molecule has 1 aromatic rings. The van der Waals surface area contributed by atoms with E-state index in [9.17, 15) is 24.9 Å². The minimum atomic E-state index is -1.49. The molecule has 1 aliphatic rings. The van der Waals surface area contributed by atoms with Gasteiger partial charge in [-0.15, -0.1) is 0 Å². The van der Waals surface area contributed by atoms with Crippen molar-refractivity contribution in [2.45, 2.75) is 50.9 Å². The molecule has 3 unspecified atom stereocenters. The molecule has 0 aliphatic carbocycles. The Bertz CT molecular complexity index is 755. The van der Waals surface area contributed by atoms with Gasteiger partial charge >= 0.3 is 5.97 Å². The second-order valence-corrected chi connectivity index (χ2v) is 6.64. The van der Waals surface area contributed by atoms with Gasteiger partial charge in [-0.1, -0.05) is 12.2 Å². The number of Topliss-reactive ketones (excluding diaryl/α,β-unsaturated/α-hetero) is 1. The van der Waals surface area contributed by atoms with Crippen molar-refractivity contribution in [1.82, 2.24) is 0 Å². The predicted octanol–water partition coefficient (Wildman–Crippen LogP) is 1.83. The highest BCUT2D eigenvalue weighted by Gasteiger charge is 2.27. The largest absolute Gasteiger partial charge is 0.507 e. The molecule has 0 fully saturated rings. The van der Waals surface area contributed by atoms with Crippen LogP contribution in [0, 0.1) is 0 Å². The molecule has 154 valence electrons. The molecule has 2 rings (SSSR count). The standard InChI is InChI=1S/C20H26O8/c1-11-6-4-8-13(21)18(24)14(22)9-5-7-12-17(20(25)28-11)15(23)10-16(26-2)19(12)27-3/h5,7,10-11,14,18,22-24H,4,6,8-9H2,1-3H3. The zero-order valence-corrected chi connectivity index (χ0v) is 16.2. The lowest BCUT2D eigenvalue weighted by atomic mass is 9.99. The average Bonchev–Trinajstić information content (AvgIpc) is 2.65. The average molecular weight is 394 g/mol. The molecule has 8 nitrogen and oxygen atoms in total. The maximum Gasteiger partial charge on any atom is 0.342 e. The zero-order valence-electron chi connectivity index (χ0n) is 16.2. The fraction of sp³-hybridized carbons (Fsp3) is 0.500. The van der Waals surface area contributed by atoms with Gasteiger partial charge in [-0.3, -0.25) is 4.79 Å². The normalized spacial score (nSPS) is 24.1. The Labute approximate surface area is 163 Å². The summed E-state index contributed by atoms with van der Waals surface area (Å²) in [6.45, 7) is 1.67. The summed E-state index contributed by atoms with van der Waals surface area (Å²) >= 11 is 0. The summed E-state index contributed by atoms with van der Waals surface area (Å²) in [5.74, 6) is -1.13. The van der Waals surface area contributed by atoms with E-state index < -0.39 is 30.1 Å². The van der Waals surface area contributed by atoms with Crippen molar-refractivity contribution in [3.8, 4) is 17.2 Å². The van der Waals surface area contributed by atoms with Crippen LogP contribution in [0.5, 0.6) is 17.2 Å². The van der Waals surface area contributed by atoms with Gasteiger partial charge in [-0.2, -0.15) is 0 Å². The van der Waals surface area contributed by atoms with Crippen LogP contribution in [0.15, 0.2) is 12.1 Å². The Balaban J connectivity index is 2.55. The first-order valence-corrected chi connectivity index (χ1v) is 9.04. The summed E-state index contributed by atoms with van der Waals surface area (Å²) in [6.07, 6.45) is 0.426. The lowest BCUT2D eigenvalue weighted by molar-refractivity contribution is -0.132. The number of carbonyl (C=O) groups is 2. The number of aliphatic hydroxyl groups is 2. The van der Waals surface area contributed by atoms with Crippen LogP contribution in [-0.4, -0.2) is 59.6 Å². The van der Waals surface area contributed by atoms with Gasteiger partial charge in [0.15, 0.2) is 17.3 Å². The molecule has 0 spiro atoms. The van der Waals surface area contributed by atoms with E-state index in [-0.39, 0.29) is 41.2 Å². The quantitative estimate of drug-likeness (QED) is 0.650. The van der Waals surface area contributed by atoms with Crippen LogP contribution in [-0.2, 0) is 9.53 Å². The van der Waals surface area contributed by atoms with Gasteiger partial charge in [-0.25, -0.2) is 4.79 Å². The molecule has 0 radical (unpaired) electrons. The molecule has 28 heavy (non-hydrogen) atoms. The van der Waals surface area contributed by atoms with Gasteiger partial charge in [0.05, 0.1) is 26.4 Å². The third-order valence-electron chi connectivity index (χ3n) is 4.59. The lowest BCUT2D eigenvalue weighted by Gasteiger charge is -2.20. The maximum atomic E-state index is 12.7. The van der Waals surface area contributed by atoms with E-state index in [1.54, 1.807) is 6.92 Å². The van der Waals surface area contributed by atoms with Crippen molar-refractivity contribution in [2.75, 3.05) is 14.2 Å². The molecular weight excluding hydrogens is 368 g/mol. The van der Waals surface area contributed by atoms with Crippen LogP contribution >= 0.6 is 0 Å². The Hall–Kier alpha value is -2.58. The van der Waals surface area contributed by atoms with Crippen LogP contribution in [0.3, 0.4) is 0 Å². The summed E-state index contributed by atoms with van der Waals surface area (Å²) < 4.78 is 15.9. The van der Waals surface area contributed by atoms with Crippen LogP contribution in [0.4, 0.5) is 0 Å². The number of phenols is 1. The van der Waals surface area contributed by atoms with Crippen molar-refractivity contribution in [3.05, 3.63) is 23.3 Å². The molecule has 1 heterocycles. The number of phenolic OH excluding ortho intramolecular Hbond substituents is 1. The van der Waals surface area contributed by atoms with Gasteiger partial charge in [-0.05, 0) is 26.2 Å². The Morgan fingerprint density at radius 2 is 1.89 bits per heavy atom. The van der Waals surface area contributed by atoms with E-state index in [4.69, 9.17) is 14.2 Å². The topological polar surface area (TPSA) is 123 Å². The second kappa shape index (κ2) is 9.57. The molecular formula is C20H26O8. The molecule has 1 aromatic carbocycles. The van der Waals surface area contributed by atoms with Gasteiger partial charge in [0.25, 0.3) is 0 Å². The van der Waals surface area contributed by atoms with Crippen molar-refractivity contribution < 1.29 is 39.1 Å². The van der Waals surface area contributed by atoms with Crippen molar-refractivity contribution in [1.29, 1.82) is 0 Å². The summed E-state index contributed by atoms with van der Waals surface area (Å²) in [4.78, 5) is 24.7. The molecule has 3 atom stereocenters. The monoisotopic (exact) mass is 394 g/mol. The minimum Gasteiger partial charge on any atom is -0.507 e. The first-order valence-electron chi connectivity index (χ1n) is 9.04.